The molecule has 0 aromatic heterocycles. The lowest BCUT2D eigenvalue weighted by atomic mass is 9.89. The number of halogens is 2. The van der Waals surface area contributed by atoms with Crippen LogP contribution >= 0.6 is 11.8 Å². The zero-order valence-corrected chi connectivity index (χ0v) is 14.0. The second kappa shape index (κ2) is 8.21. The lowest BCUT2D eigenvalue weighted by molar-refractivity contribution is 0.00768. The quantitative estimate of drug-likeness (QED) is 0.537. The Morgan fingerprint density at radius 1 is 1.38 bits per heavy atom. The van der Waals surface area contributed by atoms with Gasteiger partial charge in [0.25, 0.3) is 0 Å². The van der Waals surface area contributed by atoms with E-state index in [1.165, 1.54) is 17.4 Å². The molecule has 0 saturated heterocycles. The summed E-state index contributed by atoms with van der Waals surface area (Å²) in [6, 6.07) is 3.02. The molecule has 9 heteroatoms. The number of aliphatic hydroxyl groups excluding tert-OH is 2. The average molecular weight is 361 g/mol. The van der Waals surface area contributed by atoms with Crippen LogP contribution in [-0.4, -0.2) is 63.6 Å². The lowest BCUT2D eigenvalue weighted by Crippen LogP contribution is -2.50. The van der Waals surface area contributed by atoms with E-state index >= 15 is 0 Å². The number of hydrogen-bond acceptors (Lipinski definition) is 7. The summed E-state index contributed by atoms with van der Waals surface area (Å²) in [5.74, 6) is -1.59. The number of nitrogens with zero attached hydrogens (tertiary/aromatic N) is 2. The maximum atomic E-state index is 14.3. The fraction of sp³-hybridized carbons (Fsp3) is 0.533. The number of aliphatic hydroxyl groups is 3. The molecule has 6 nitrogen and oxygen atoms in total. The fourth-order valence-electron chi connectivity index (χ4n) is 2.49. The van der Waals surface area contributed by atoms with Gasteiger partial charge >= 0.3 is 0 Å². The molecule has 0 aliphatic carbocycles. The number of hydrogen-bond donors (Lipinski definition) is 4. The van der Waals surface area contributed by atoms with Crippen LogP contribution in [-0.2, 0) is 5.60 Å². The predicted octanol–water partition coefficient (Wildman–Crippen LogP) is 0.433. The van der Waals surface area contributed by atoms with Crippen LogP contribution in [0.1, 0.15) is 12.5 Å². The van der Waals surface area contributed by atoms with Crippen molar-refractivity contribution < 1.29 is 24.1 Å². The minimum absolute atomic E-state index is 0.0310. The molecule has 0 unspecified atom stereocenters. The molecule has 1 aliphatic rings. The maximum absolute atomic E-state index is 14.3. The van der Waals surface area contributed by atoms with Gasteiger partial charge in [-0.25, -0.2) is 14.2 Å². The standard InChI is InChI=1S/C15H21F2N3O3S/c1-10(24-12(5-21)6-22)15(23,7-20-9-18-8-19-20)13-3-2-11(16)4-14(13)17/h2-4,9-10,12,19,21-23H,5-8H2,1H3/t10-,15-/m1/s1. The molecule has 24 heavy (non-hydrogen) atoms. The van der Waals surface area contributed by atoms with Crippen LogP contribution in [0.4, 0.5) is 8.78 Å². The van der Waals surface area contributed by atoms with E-state index in [0.29, 0.717) is 6.67 Å². The van der Waals surface area contributed by atoms with Gasteiger partial charge in [-0.2, -0.15) is 0 Å². The molecule has 0 radical (unpaired) electrons. The van der Waals surface area contributed by atoms with Gasteiger partial charge in [-0.05, 0) is 6.07 Å². The van der Waals surface area contributed by atoms with Gasteiger partial charge < -0.3 is 15.3 Å². The summed E-state index contributed by atoms with van der Waals surface area (Å²) < 4.78 is 27.5. The van der Waals surface area contributed by atoms with Crippen LogP contribution in [0.15, 0.2) is 23.2 Å². The number of thioether (sulfide) groups is 1. The molecule has 1 aromatic rings. The first-order valence-corrected chi connectivity index (χ1v) is 8.40. The van der Waals surface area contributed by atoms with Crippen LogP contribution in [0.5, 0.6) is 0 Å². The summed E-state index contributed by atoms with van der Waals surface area (Å²) in [5, 5.41) is 30.1. The van der Waals surface area contributed by atoms with Crippen LogP contribution < -0.4 is 5.43 Å². The first kappa shape index (κ1) is 19.1. The molecule has 1 aliphatic heterocycles. The third-order valence-electron chi connectivity index (χ3n) is 3.87. The summed E-state index contributed by atoms with van der Waals surface area (Å²) >= 11 is 1.13. The van der Waals surface area contributed by atoms with Crippen LogP contribution in [0.3, 0.4) is 0 Å². The van der Waals surface area contributed by atoms with Gasteiger partial charge in [0.15, 0.2) is 0 Å². The molecular formula is C15H21F2N3O3S. The largest absolute Gasteiger partial charge is 0.395 e. The molecule has 1 heterocycles. The van der Waals surface area contributed by atoms with Crippen LogP contribution in [0.25, 0.3) is 0 Å². The molecular weight excluding hydrogens is 340 g/mol. The smallest absolute Gasteiger partial charge is 0.132 e. The number of aliphatic imine (C=N–C) groups is 1. The molecule has 0 amide bonds. The Morgan fingerprint density at radius 3 is 2.62 bits per heavy atom. The van der Waals surface area contributed by atoms with E-state index in [-0.39, 0.29) is 25.3 Å². The fourth-order valence-corrected chi connectivity index (χ4v) is 3.66. The van der Waals surface area contributed by atoms with E-state index in [4.69, 9.17) is 0 Å². The van der Waals surface area contributed by atoms with Crippen molar-refractivity contribution in [2.75, 3.05) is 26.4 Å². The first-order valence-electron chi connectivity index (χ1n) is 7.46. The summed E-state index contributed by atoms with van der Waals surface area (Å²) in [7, 11) is 0. The van der Waals surface area contributed by atoms with Gasteiger partial charge in [-0.3, -0.25) is 10.0 Å². The predicted molar refractivity (Wildman–Crippen MR) is 88.5 cm³/mol. The van der Waals surface area contributed by atoms with Gasteiger partial charge in [0.1, 0.15) is 30.2 Å². The molecule has 4 N–H and O–H groups in total. The van der Waals surface area contributed by atoms with Gasteiger partial charge in [-0.15, -0.1) is 11.8 Å². The first-order chi connectivity index (χ1) is 11.4. The molecule has 134 valence electrons. The normalized spacial score (nSPS) is 18.2. The number of hydrazine groups is 1. The van der Waals surface area contributed by atoms with Crippen molar-refractivity contribution in [2.45, 2.75) is 23.0 Å². The number of β-amino-alcohol motifs (C(OH)–C–C–N with tert-alkyl or cyclic N) is 1. The monoisotopic (exact) mass is 361 g/mol. The van der Waals surface area contributed by atoms with E-state index < -0.39 is 27.7 Å². The van der Waals surface area contributed by atoms with Crippen molar-refractivity contribution in [1.29, 1.82) is 0 Å². The van der Waals surface area contributed by atoms with E-state index in [1.54, 1.807) is 6.92 Å². The number of nitrogens with one attached hydrogen (secondary N) is 1. The van der Waals surface area contributed by atoms with Crippen molar-refractivity contribution in [3.05, 3.63) is 35.4 Å². The number of benzene rings is 1. The highest BCUT2D eigenvalue weighted by Gasteiger charge is 2.41. The topological polar surface area (TPSA) is 88.3 Å². The Hall–Kier alpha value is -1.26. The maximum Gasteiger partial charge on any atom is 0.132 e. The van der Waals surface area contributed by atoms with E-state index in [9.17, 15) is 24.1 Å². The van der Waals surface area contributed by atoms with Crippen molar-refractivity contribution in [2.24, 2.45) is 4.99 Å². The third-order valence-corrected chi connectivity index (χ3v) is 5.35. The molecule has 0 spiro atoms. The van der Waals surface area contributed by atoms with Gasteiger partial charge in [0, 0.05) is 16.9 Å². The molecule has 0 fully saturated rings. The van der Waals surface area contributed by atoms with Crippen LogP contribution in [0.2, 0.25) is 0 Å². The highest BCUT2D eigenvalue weighted by molar-refractivity contribution is 8.00. The summed E-state index contributed by atoms with van der Waals surface area (Å²) in [6.45, 7) is 1.42. The summed E-state index contributed by atoms with van der Waals surface area (Å²) in [5.41, 5.74) is 1.14. The van der Waals surface area contributed by atoms with Crippen molar-refractivity contribution in [3.63, 3.8) is 0 Å². The minimum Gasteiger partial charge on any atom is -0.395 e. The Bertz CT molecular complexity index is 589. The van der Waals surface area contributed by atoms with E-state index in [1.807, 2.05) is 0 Å². The Kier molecular flexibility index (Phi) is 6.53. The minimum atomic E-state index is -1.70. The Balaban J connectivity index is 2.34. The van der Waals surface area contributed by atoms with Gasteiger partial charge in [0.05, 0.1) is 25.0 Å². The highest BCUT2D eigenvalue weighted by atomic mass is 32.2. The molecule has 0 bridgehead atoms. The highest BCUT2D eigenvalue weighted by Crippen LogP contribution is 2.37. The van der Waals surface area contributed by atoms with Crippen molar-refractivity contribution in [3.8, 4) is 0 Å². The van der Waals surface area contributed by atoms with Crippen molar-refractivity contribution in [1.82, 2.24) is 10.4 Å². The number of rotatable bonds is 8. The Morgan fingerprint density at radius 2 is 2.08 bits per heavy atom. The second-order valence-corrected chi connectivity index (χ2v) is 7.20. The van der Waals surface area contributed by atoms with E-state index in [2.05, 4.69) is 10.4 Å². The lowest BCUT2D eigenvalue weighted by Gasteiger charge is -2.38. The summed E-state index contributed by atoms with van der Waals surface area (Å²) in [6.07, 6.45) is 1.49. The van der Waals surface area contributed by atoms with Crippen molar-refractivity contribution >= 4 is 18.1 Å². The summed E-state index contributed by atoms with van der Waals surface area (Å²) in [4.78, 5) is 3.97. The van der Waals surface area contributed by atoms with Gasteiger partial charge in [-0.1, -0.05) is 13.0 Å². The zero-order valence-electron chi connectivity index (χ0n) is 13.2. The SMILES string of the molecule is C[C@@H](SC(CO)CO)[C@](O)(CN1C=NCN1)c1ccc(F)cc1F. The zero-order chi connectivity index (χ0) is 17.7. The molecule has 1 aromatic carbocycles. The van der Waals surface area contributed by atoms with E-state index in [0.717, 1.165) is 23.9 Å². The third kappa shape index (κ3) is 4.22. The molecule has 2 atom stereocenters. The van der Waals surface area contributed by atoms with Crippen LogP contribution in [0, 0.1) is 11.6 Å². The molecule has 0 saturated carbocycles. The Labute approximate surface area is 143 Å². The average Bonchev–Trinajstić information content (AvgIpc) is 3.04. The molecule has 2 rings (SSSR count). The second-order valence-electron chi connectivity index (χ2n) is 5.56. The van der Waals surface area contributed by atoms with Gasteiger partial charge in [0.2, 0.25) is 0 Å².